The van der Waals surface area contributed by atoms with Gasteiger partial charge in [-0.25, -0.2) is 0 Å². The molecule has 0 aliphatic heterocycles. The molecule has 1 radical (unpaired) electrons. The molecular weight excluding hydrogens is 491 g/mol. The Labute approximate surface area is 204 Å². The van der Waals surface area contributed by atoms with Crippen molar-refractivity contribution in [3.05, 3.63) is 78.6 Å². The Bertz CT molecular complexity index is 1120. The van der Waals surface area contributed by atoms with E-state index in [0.717, 1.165) is 21.8 Å². The van der Waals surface area contributed by atoms with Crippen molar-refractivity contribution in [2.75, 3.05) is 0 Å². The number of carbonyl (C=O) groups is 2. The summed E-state index contributed by atoms with van der Waals surface area (Å²) in [6, 6.07) is 17.4. The first-order valence-electron chi connectivity index (χ1n) is 8.73. The summed E-state index contributed by atoms with van der Waals surface area (Å²) >= 11 is 0. The largest absolute Gasteiger partial charge is 2.00 e. The van der Waals surface area contributed by atoms with Crippen LogP contribution in [-0.4, -0.2) is 33.5 Å². The number of nitrogens with zero attached hydrogens (tertiary/aromatic N) is 2. The minimum Gasteiger partial charge on any atom is -0.546 e. The molecule has 0 fully saturated rings. The maximum Gasteiger partial charge on any atom is 2.00 e. The average molecular weight is 518 g/mol. The predicted molar refractivity (Wildman–Crippen MR) is 121 cm³/mol. The zero-order valence-electron chi connectivity index (χ0n) is 18.1. The number of aromatic nitrogens is 2. The number of fused-ring (bicyclic) bond motifs is 3. The molecule has 1 atom stereocenters. The van der Waals surface area contributed by atoms with Crippen LogP contribution in [0.3, 0.4) is 0 Å². The first-order valence-corrected chi connectivity index (χ1v) is 8.73. The molecule has 0 aliphatic rings. The molecule has 0 aliphatic carbocycles. The van der Waals surface area contributed by atoms with Crippen molar-refractivity contribution in [1.29, 1.82) is 0 Å². The van der Waals surface area contributed by atoms with Crippen LogP contribution in [0, 0.1) is 0 Å². The molecule has 4 aromatic rings. The van der Waals surface area contributed by atoms with Crippen molar-refractivity contribution in [2.24, 2.45) is 0 Å². The first-order chi connectivity index (χ1) is 14.0. The minimum atomic E-state index is -1.33. The van der Waals surface area contributed by atoms with E-state index in [-0.39, 0.29) is 50.3 Å². The number of ether oxygens (including phenoxy) is 1. The Morgan fingerprint density at radius 2 is 1.24 bits per heavy atom. The van der Waals surface area contributed by atoms with Crippen LogP contribution >= 0.6 is 0 Å². The molecule has 0 bridgehead atoms. The molecule has 34 heavy (non-hydrogen) atoms. The fourth-order valence-electron chi connectivity index (χ4n) is 2.60. The number of hydrogen-bond donors (Lipinski definition) is 0. The van der Waals surface area contributed by atoms with E-state index in [1.807, 2.05) is 12.1 Å². The molecule has 2 heterocycles. The summed E-state index contributed by atoms with van der Waals surface area (Å²) in [5.41, 5.74) is 1.96. The third-order valence-electron chi connectivity index (χ3n) is 4.08. The van der Waals surface area contributed by atoms with Crippen molar-refractivity contribution < 1.29 is 63.5 Å². The molecule has 4 rings (SSSR count). The van der Waals surface area contributed by atoms with E-state index in [2.05, 4.69) is 34.2 Å². The number of carboxylic acids is 2. The van der Waals surface area contributed by atoms with E-state index in [4.69, 9.17) is 4.74 Å². The van der Waals surface area contributed by atoms with Crippen LogP contribution in [0.15, 0.2) is 73.1 Å². The Balaban J connectivity index is -0.000000493. The van der Waals surface area contributed by atoms with Crippen molar-refractivity contribution in [3.63, 3.8) is 0 Å². The van der Waals surface area contributed by atoms with Gasteiger partial charge in [0.05, 0.1) is 23.0 Å². The molecule has 183 valence electrons. The van der Waals surface area contributed by atoms with Crippen LogP contribution < -0.4 is 14.9 Å². The number of hydrogen-bond acceptors (Lipinski definition) is 7. The van der Waals surface area contributed by atoms with Gasteiger partial charge in [0.25, 0.3) is 0 Å². The Morgan fingerprint density at radius 1 is 0.794 bits per heavy atom. The Kier molecular flexibility index (Phi) is 16.5. The van der Waals surface area contributed by atoms with Crippen molar-refractivity contribution in [3.8, 4) is 5.75 Å². The van der Waals surface area contributed by atoms with Gasteiger partial charge in [-0.05, 0) is 48.9 Å². The minimum absolute atomic E-state index is 0. The van der Waals surface area contributed by atoms with Crippen LogP contribution in [0.25, 0.3) is 21.8 Å². The van der Waals surface area contributed by atoms with Crippen LogP contribution in [-0.2, 0) is 38.3 Å². The van der Waals surface area contributed by atoms with E-state index in [1.54, 1.807) is 12.4 Å². The third-order valence-corrected chi connectivity index (χ3v) is 4.08. The second kappa shape index (κ2) is 16.0. The molecule has 2 aromatic heterocycles. The number of aliphatic carboxylic acids is 1. The van der Waals surface area contributed by atoms with Crippen LogP contribution in [0.1, 0.15) is 17.3 Å². The van der Waals surface area contributed by atoms with E-state index in [9.17, 15) is 19.8 Å². The summed E-state index contributed by atoms with van der Waals surface area (Å²) in [7, 11) is 0. The Hall–Kier alpha value is -3.64. The van der Waals surface area contributed by atoms with Crippen LogP contribution in [0.5, 0.6) is 5.75 Å². The van der Waals surface area contributed by atoms with E-state index >= 15 is 0 Å². The van der Waals surface area contributed by atoms with Gasteiger partial charge in [0.1, 0.15) is 11.9 Å². The van der Waals surface area contributed by atoms with E-state index < -0.39 is 18.0 Å². The molecule has 12 heteroatoms. The zero-order chi connectivity index (χ0) is 20.8. The molecule has 11 nitrogen and oxygen atoms in total. The summed E-state index contributed by atoms with van der Waals surface area (Å²) in [5, 5.41) is 23.0. The molecule has 11 N–H and O–H groups in total. The Morgan fingerprint density at radius 3 is 1.62 bits per heavy atom. The van der Waals surface area contributed by atoms with Gasteiger partial charge in [0, 0.05) is 23.2 Å². The number of benzene rings is 2. The number of carbonyl (C=O) groups excluding carboxylic acids is 2. The SMILES string of the molecule is C[C@@H](Oc1ccc(C(=O)[O-])cc1)C(=O)[O-].O.[Mn+2].[OH3+].[OH3+].[OH3+].c1cnc2c(c1)ccc1cccnc12. The fraction of sp³-hybridized carbons (Fsp3) is 0.0909. The van der Waals surface area contributed by atoms with Gasteiger partial charge in [0.2, 0.25) is 0 Å². The fourth-order valence-corrected chi connectivity index (χ4v) is 2.60. The summed E-state index contributed by atoms with van der Waals surface area (Å²) in [6.45, 7) is 1.32. The van der Waals surface area contributed by atoms with Crippen molar-refractivity contribution in [2.45, 2.75) is 13.0 Å². The topological polar surface area (TPSA) is 246 Å². The average Bonchev–Trinajstić information content (AvgIpc) is 2.74. The smallest absolute Gasteiger partial charge is 0.546 e. The van der Waals surface area contributed by atoms with Gasteiger partial charge in [-0.1, -0.05) is 24.3 Å². The molecular formula is C22H27MnN2O9+3. The third kappa shape index (κ3) is 8.71. The predicted octanol–water partition coefficient (Wildman–Crippen LogP) is -2.24. The molecule has 0 saturated heterocycles. The molecule has 0 amide bonds. The van der Waals surface area contributed by atoms with Gasteiger partial charge in [-0.2, -0.15) is 0 Å². The maximum absolute atomic E-state index is 10.4. The second-order valence-corrected chi connectivity index (χ2v) is 6.11. The summed E-state index contributed by atoms with van der Waals surface area (Å²) in [4.78, 5) is 29.4. The van der Waals surface area contributed by atoms with E-state index in [1.165, 1.54) is 31.2 Å². The second-order valence-electron chi connectivity index (χ2n) is 6.11. The van der Waals surface area contributed by atoms with Gasteiger partial charge in [-0.15, -0.1) is 0 Å². The van der Waals surface area contributed by atoms with Crippen molar-refractivity contribution in [1.82, 2.24) is 9.97 Å². The van der Waals surface area contributed by atoms with Gasteiger partial charge >= 0.3 is 17.1 Å². The van der Waals surface area contributed by atoms with Crippen molar-refractivity contribution >= 4 is 33.7 Å². The number of rotatable bonds is 4. The molecule has 2 aromatic carbocycles. The molecule has 0 saturated carbocycles. The zero-order valence-corrected chi connectivity index (χ0v) is 19.2. The number of carboxylic acid groups (broad SMARTS) is 2. The van der Waals surface area contributed by atoms with Crippen LogP contribution in [0.4, 0.5) is 0 Å². The summed E-state index contributed by atoms with van der Waals surface area (Å²) in [6.07, 6.45) is 2.52. The van der Waals surface area contributed by atoms with Gasteiger partial charge in [0.15, 0.2) is 0 Å². The standard InChI is InChI=1S/C12H8N2.C10H10O5.Mn.4H2O/c1-3-9-5-6-10-4-2-8-14-12(10)11(9)13-7-1;1-6(9(11)12)15-8-4-2-7(3-5-8)10(13)14;;;;;/h1-8H;2-6H,1H3,(H,11,12)(H,13,14);;4*1H2/q;;+2;;;;/p+1/t;6-;;;;;/m.1...../s1. The van der Waals surface area contributed by atoms with E-state index in [0.29, 0.717) is 0 Å². The normalized spacial score (nSPS) is 9.68. The molecule has 0 spiro atoms. The molecule has 0 unspecified atom stereocenters. The van der Waals surface area contributed by atoms with Crippen LogP contribution in [0.2, 0.25) is 0 Å². The maximum atomic E-state index is 10.4. The van der Waals surface area contributed by atoms with Gasteiger partial charge < -0.3 is 46.4 Å². The quantitative estimate of drug-likeness (QED) is 0.163. The number of aromatic carboxylic acids is 1. The summed E-state index contributed by atoms with van der Waals surface area (Å²) in [5.74, 6) is -2.37. The number of pyridine rings is 2. The van der Waals surface area contributed by atoms with Gasteiger partial charge in [-0.3, -0.25) is 9.97 Å². The monoisotopic (exact) mass is 518 g/mol. The summed E-state index contributed by atoms with van der Waals surface area (Å²) < 4.78 is 4.94. The first kappa shape index (κ1) is 35.0.